The molecule has 0 spiro atoms. The molecule has 1 unspecified atom stereocenters. The SMILES string of the molecule is C=CCNC(=O)C(C)Nc1ccc(Cl)cc1F. The lowest BCUT2D eigenvalue weighted by molar-refractivity contribution is -0.121. The van der Waals surface area contributed by atoms with E-state index in [4.69, 9.17) is 11.6 Å². The van der Waals surface area contributed by atoms with Crippen LogP contribution in [0, 0.1) is 5.82 Å². The van der Waals surface area contributed by atoms with Crippen LogP contribution in [0.5, 0.6) is 0 Å². The van der Waals surface area contributed by atoms with Gasteiger partial charge in [0.2, 0.25) is 5.91 Å². The number of halogens is 2. The molecule has 5 heteroatoms. The van der Waals surface area contributed by atoms with Gasteiger partial charge in [0.25, 0.3) is 0 Å². The quantitative estimate of drug-likeness (QED) is 0.795. The van der Waals surface area contributed by atoms with E-state index in [2.05, 4.69) is 17.2 Å². The van der Waals surface area contributed by atoms with Crippen molar-refractivity contribution in [2.45, 2.75) is 13.0 Å². The Kier molecular flexibility index (Phi) is 4.97. The van der Waals surface area contributed by atoms with Gasteiger partial charge in [0.15, 0.2) is 0 Å². The molecule has 0 radical (unpaired) electrons. The highest BCUT2D eigenvalue weighted by atomic mass is 35.5. The molecule has 3 nitrogen and oxygen atoms in total. The molecule has 0 heterocycles. The minimum Gasteiger partial charge on any atom is -0.372 e. The van der Waals surface area contributed by atoms with Gasteiger partial charge in [0, 0.05) is 11.6 Å². The second-order valence-electron chi connectivity index (χ2n) is 3.52. The molecule has 0 aliphatic heterocycles. The fraction of sp³-hybridized carbons (Fsp3) is 0.250. The van der Waals surface area contributed by atoms with E-state index >= 15 is 0 Å². The van der Waals surface area contributed by atoms with E-state index in [0.717, 1.165) is 0 Å². The predicted molar refractivity (Wildman–Crippen MR) is 67.7 cm³/mol. The summed E-state index contributed by atoms with van der Waals surface area (Å²) < 4.78 is 13.4. The third kappa shape index (κ3) is 4.07. The van der Waals surface area contributed by atoms with Crippen molar-refractivity contribution in [3.63, 3.8) is 0 Å². The number of rotatable bonds is 5. The zero-order valence-corrected chi connectivity index (χ0v) is 10.2. The van der Waals surface area contributed by atoms with Gasteiger partial charge in [-0.2, -0.15) is 0 Å². The largest absolute Gasteiger partial charge is 0.372 e. The molecular formula is C12H14ClFN2O. The number of carbonyl (C=O) groups excluding carboxylic acids is 1. The molecule has 0 saturated carbocycles. The van der Waals surface area contributed by atoms with Gasteiger partial charge in [-0.05, 0) is 25.1 Å². The normalized spacial score (nSPS) is 11.7. The van der Waals surface area contributed by atoms with Gasteiger partial charge in [-0.1, -0.05) is 17.7 Å². The van der Waals surface area contributed by atoms with Crippen LogP contribution in [0.3, 0.4) is 0 Å². The minimum absolute atomic E-state index is 0.223. The van der Waals surface area contributed by atoms with E-state index in [0.29, 0.717) is 11.6 Å². The Balaban J connectivity index is 2.64. The molecule has 0 bridgehead atoms. The summed E-state index contributed by atoms with van der Waals surface area (Å²) in [6.45, 7) is 5.52. The fourth-order valence-electron chi connectivity index (χ4n) is 1.23. The summed E-state index contributed by atoms with van der Waals surface area (Å²) in [5, 5.41) is 5.70. The van der Waals surface area contributed by atoms with E-state index in [1.54, 1.807) is 19.1 Å². The molecule has 1 atom stereocenters. The molecule has 17 heavy (non-hydrogen) atoms. The first kappa shape index (κ1) is 13.5. The summed E-state index contributed by atoms with van der Waals surface area (Å²) in [7, 11) is 0. The van der Waals surface area contributed by atoms with Crippen LogP contribution in [0.15, 0.2) is 30.9 Å². The molecular weight excluding hydrogens is 243 g/mol. The molecule has 0 fully saturated rings. The Labute approximate surface area is 105 Å². The van der Waals surface area contributed by atoms with E-state index in [1.807, 2.05) is 0 Å². The standard InChI is InChI=1S/C12H14ClFN2O/c1-3-6-15-12(17)8(2)16-11-5-4-9(13)7-10(11)14/h3-5,7-8,16H,1,6H2,2H3,(H,15,17). The smallest absolute Gasteiger partial charge is 0.242 e. The van der Waals surface area contributed by atoms with E-state index < -0.39 is 11.9 Å². The van der Waals surface area contributed by atoms with Crippen molar-refractivity contribution < 1.29 is 9.18 Å². The van der Waals surface area contributed by atoms with Crippen molar-refractivity contribution in [3.05, 3.63) is 41.7 Å². The monoisotopic (exact) mass is 256 g/mol. The average molecular weight is 257 g/mol. The molecule has 0 aliphatic rings. The number of nitrogens with one attached hydrogen (secondary N) is 2. The van der Waals surface area contributed by atoms with Crippen LogP contribution in [-0.4, -0.2) is 18.5 Å². The highest BCUT2D eigenvalue weighted by molar-refractivity contribution is 6.30. The van der Waals surface area contributed by atoms with E-state index in [-0.39, 0.29) is 11.6 Å². The van der Waals surface area contributed by atoms with Crippen LogP contribution in [-0.2, 0) is 4.79 Å². The van der Waals surface area contributed by atoms with Crippen molar-refractivity contribution in [2.75, 3.05) is 11.9 Å². The average Bonchev–Trinajstić information content (AvgIpc) is 2.29. The summed E-state index contributed by atoms with van der Waals surface area (Å²) >= 11 is 5.63. The van der Waals surface area contributed by atoms with Gasteiger partial charge in [-0.3, -0.25) is 4.79 Å². The second kappa shape index (κ2) is 6.25. The Hall–Kier alpha value is -1.55. The minimum atomic E-state index is -0.536. The lowest BCUT2D eigenvalue weighted by Gasteiger charge is -2.15. The zero-order chi connectivity index (χ0) is 12.8. The van der Waals surface area contributed by atoms with Crippen molar-refractivity contribution in [1.82, 2.24) is 5.32 Å². The maximum Gasteiger partial charge on any atom is 0.242 e. The number of hydrogen-bond donors (Lipinski definition) is 2. The van der Waals surface area contributed by atoms with Crippen LogP contribution < -0.4 is 10.6 Å². The van der Waals surface area contributed by atoms with Crippen LogP contribution in [0.1, 0.15) is 6.92 Å². The second-order valence-corrected chi connectivity index (χ2v) is 3.96. The molecule has 1 aromatic rings. The lowest BCUT2D eigenvalue weighted by Crippen LogP contribution is -2.37. The number of carbonyl (C=O) groups is 1. The molecule has 92 valence electrons. The molecule has 0 saturated heterocycles. The van der Waals surface area contributed by atoms with Gasteiger partial charge in [0.1, 0.15) is 11.9 Å². The van der Waals surface area contributed by atoms with Crippen LogP contribution >= 0.6 is 11.6 Å². The summed E-state index contributed by atoms with van der Waals surface area (Å²) in [6.07, 6.45) is 1.58. The lowest BCUT2D eigenvalue weighted by atomic mass is 10.2. The summed E-state index contributed by atoms with van der Waals surface area (Å²) in [5.41, 5.74) is 0.246. The first-order valence-corrected chi connectivity index (χ1v) is 5.52. The van der Waals surface area contributed by atoms with Crippen molar-refractivity contribution >= 4 is 23.2 Å². The Morgan fingerprint density at radius 3 is 2.94 bits per heavy atom. The van der Waals surface area contributed by atoms with Gasteiger partial charge in [-0.15, -0.1) is 6.58 Å². The first-order valence-electron chi connectivity index (χ1n) is 5.14. The third-order valence-corrected chi connectivity index (χ3v) is 2.35. The van der Waals surface area contributed by atoms with Crippen molar-refractivity contribution in [3.8, 4) is 0 Å². The van der Waals surface area contributed by atoms with E-state index in [1.165, 1.54) is 12.1 Å². The highest BCUT2D eigenvalue weighted by Crippen LogP contribution is 2.19. The topological polar surface area (TPSA) is 41.1 Å². The first-order chi connectivity index (χ1) is 8.04. The van der Waals surface area contributed by atoms with Crippen molar-refractivity contribution in [1.29, 1.82) is 0 Å². The molecule has 1 rings (SSSR count). The number of amides is 1. The molecule has 0 aliphatic carbocycles. The maximum atomic E-state index is 13.4. The summed E-state index contributed by atoms with van der Waals surface area (Å²) in [6, 6.07) is 3.71. The van der Waals surface area contributed by atoms with E-state index in [9.17, 15) is 9.18 Å². The fourth-order valence-corrected chi connectivity index (χ4v) is 1.39. The summed E-state index contributed by atoms with van der Waals surface area (Å²) in [4.78, 5) is 11.5. The number of benzene rings is 1. The van der Waals surface area contributed by atoms with Gasteiger partial charge in [-0.25, -0.2) is 4.39 Å². The Morgan fingerprint density at radius 1 is 1.65 bits per heavy atom. The molecule has 1 aromatic carbocycles. The van der Waals surface area contributed by atoms with Crippen LogP contribution in [0.25, 0.3) is 0 Å². The molecule has 2 N–H and O–H groups in total. The van der Waals surface area contributed by atoms with Gasteiger partial charge < -0.3 is 10.6 Å². The molecule has 1 amide bonds. The van der Waals surface area contributed by atoms with Crippen molar-refractivity contribution in [2.24, 2.45) is 0 Å². The zero-order valence-electron chi connectivity index (χ0n) is 9.47. The molecule has 0 aromatic heterocycles. The predicted octanol–water partition coefficient (Wildman–Crippen LogP) is 2.58. The van der Waals surface area contributed by atoms with Crippen LogP contribution in [0.4, 0.5) is 10.1 Å². The highest BCUT2D eigenvalue weighted by Gasteiger charge is 2.13. The Bertz CT molecular complexity index is 423. The van der Waals surface area contributed by atoms with Crippen LogP contribution in [0.2, 0.25) is 5.02 Å². The van der Waals surface area contributed by atoms with Gasteiger partial charge in [0.05, 0.1) is 5.69 Å². The Morgan fingerprint density at radius 2 is 2.35 bits per heavy atom. The number of anilines is 1. The maximum absolute atomic E-state index is 13.4. The summed E-state index contributed by atoms with van der Waals surface area (Å²) in [5.74, 6) is -0.708. The number of hydrogen-bond acceptors (Lipinski definition) is 2. The van der Waals surface area contributed by atoms with Gasteiger partial charge >= 0.3 is 0 Å². The third-order valence-electron chi connectivity index (χ3n) is 2.12.